The molecule has 1 aliphatic rings. The maximum Gasteiger partial charge on any atom is 0.261 e. The molecule has 0 aromatic carbocycles. The Hall–Kier alpha value is -0.390. The summed E-state index contributed by atoms with van der Waals surface area (Å²) < 4.78 is 0.985. The zero-order valence-electron chi connectivity index (χ0n) is 10.2. The summed E-state index contributed by atoms with van der Waals surface area (Å²) in [5.74, 6) is 0.676. The van der Waals surface area contributed by atoms with Gasteiger partial charge in [0.2, 0.25) is 0 Å². The van der Waals surface area contributed by atoms with E-state index in [1.165, 1.54) is 11.3 Å². The average Bonchev–Trinajstić information content (AvgIpc) is 2.79. The molecule has 0 saturated heterocycles. The smallest absolute Gasteiger partial charge is 0.261 e. The van der Waals surface area contributed by atoms with Crippen LogP contribution in [0.4, 0.5) is 0 Å². The number of halogens is 1. The van der Waals surface area contributed by atoms with Gasteiger partial charge in [-0.05, 0) is 66.1 Å². The molecule has 1 saturated carbocycles. The Morgan fingerprint density at radius 3 is 2.67 bits per heavy atom. The van der Waals surface area contributed by atoms with Crippen molar-refractivity contribution in [1.29, 1.82) is 0 Å². The molecule has 3 nitrogen and oxygen atoms in total. The van der Waals surface area contributed by atoms with Crippen LogP contribution >= 0.6 is 27.3 Å². The van der Waals surface area contributed by atoms with Crippen molar-refractivity contribution in [3.05, 3.63) is 20.8 Å². The van der Waals surface area contributed by atoms with Crippen LogP contribution in [0.3, 0.4) is 0 Å². The summed E-state index contributed by atoms with van der Waals surface area (Å²) in [6.07, 6.45) is 5.18. The molecule has 0 radical (unpaired) electrons. The second kappa shape index (κ2) is 6.68. The maximum absolute atomic E-state index is 12.0. The van der Waals surface area contributed by atoms with E-state index in [0.717, 1.165) is 40.8 Å². The first-order valence-corrected chi connectivity index (χ1v) is 7.97. The fraction of sp³-hybridized carbons (Fsp3) is 0.615. The molecule has 1 heterocycles. The lowest BCUT2D eigenvalue weighted by Gasteiger charge is -2.28. The van der Waals surface area contributed by atoms with Gasteiger partial charge in [-0.3, -0.25) is 4.79 Å². The van der Waals surface area contributed by atoms with Crippen LogP contribution in [0.25, 0.3) is 0 Å². The van der Waals surface area contributed by atoms with Crippen molar-refractivity contribution in [2.24, 2.45) is 5.92 Å². The largest absolute Gasteiger partial charge is 0.396 e. The molecule has 0 bridgehead atoms. The molecule has 2 rings (SSSR count). The molecule has 1 amide bonds. The third kappa shape index (κ3) is 3.80. The number of aliphatic hydroxyl groups is 1. The van der Waals surface area contributed by atoms with E-state index in [-0.39, 0.29) is 12.5 Å². The number of nitrogens with one attached hydrogen (secondary N) is 1. The highest BCUT2D eigenvalue weighted by Gasteiger charge is 2.22. The van der Waals surface area contributed by atoms with Crippen molar-refractivity contribution in [2.75, 3.05) is 6.61 Å². The van der Waals surface area contributed by atoms with Gasteiger partial charge in [-0.15, -0.1) is 11.3 Å². The van der Waals surface area contributed by atoms with Crippen LogP contribution in [0.5, 0.6) is 0 Å². The second-order valence-electron chi connectivity index (χ2n) is 4.81. The predicted molar refractivity (Wildman–Crippen MR) is 76.9 cm³/mol. The summed E-state index contributed by atoms with van der Waals surface area (Å²) >= 11 is 4.83. The van der Waals surface area contributed by atoms with Crippen molar-refractivity contribution in [3.63, 3.8) is 0 Å². The summed E-state index contributed by atoms with van der Waals surface area (Å²) in [5, 5.41) is 12.0. The van der Waals surface area contributed by atoms with Crippen molar-refractivity contribution in [3.8, 4) is 0 Å². The average molecular weight is 332 g/mol. The van der Waals surface area contributed by atoms with E-state index in [1.807, 2.05) is 12.1 Å². The standard InChI is InChI=1S/C13H18BrNO2S/c14-12-6-5-11(18-12)13(17)15-10-3-1-9(2-4-10)7-8-16/h5-6,9-10,16H,1-4,7-8H2,(H,15,17). The van der Waals surface area contributed by atoms with E-state index in [1.54, 1.807) is 0 Å². The fourth-order valence-electron chi connectivity index (χ4n) is 2.47. The molecule has 100 valence electrons. The third-order valence-corrected chi connectivity index (χ3v) is 5.14. The Morgan fingerprint density at radius 2 is 2.11 bits per heavy atom. The number of amides is 1. The zero-order chi connectivity index (χ0) is 13.0. The van der Waals surface area contributed by atoms with Crippen LogP contribution in [0.15, 0.2) is 15.9 Å². The normalized spacial score (nSPS) is 23.9. The topological polar surface area (TPSA) is 49.3 Å². The molecule has 2 N–H and O–H groups in total. The highest BCUT2D eigenvalue weighted by Crippen LogP contribution is 2.27. The molecule has 0 unspecified atom stereocenters. The van der Waals surface area contributed by atoms with Crippen molar-refractivity contribution >= 4 is 33.2 Å². The maximum atomic E-state index is 12.0. The highest BCUT2D eigenvalue weighted by molar-refractivity contribution is 9.11. The quantitative estimate of drug-likeness (QED) is 0.890. The summed E-state index contributed by atoms with van der Waals surface area (Å²) in [7, 11) is 0. The van der Waals surface area contributed by atoms with E-state index in [2.05, 4.69) is 21.2 Å². The van der Waals surface area contributed by atoms with E-state index < -0.39 is 0 Å². The zero-order valence-corrected chi connectivity index (χ0v) is 12.6. The molecule has 0 atom stereocenters. The first-order valence-electron chi connectivity index (χ1n) is 6.36. The molecular weight excluding hydrogens is 314 g/mol. The number of hydrogen-bond acceptors (Lipinski definition) is 3. The number of hydrogen-bond donors (Lipinski definition) is 2. The first-order chi connectivity index (χ1) is 8.69. The van der Waals surface area contributed by atoms with Crippen LogP contribution in [0.1, 0.15) is 41.8 Å². The molecule has 1 aromatic rings. The first kappa shape index (κ1) is 14.0. The summed E-state index contributed by atoms with van der Waals surface area (Å²) in [4.78, 5) is 12.7. The fourth-order valence-corrected chi connectivity index (χ4v) is 3.76. The van der Waals surface area contributed by atoms with Crippen LogP contribution in [-0.2, 0) is 0 Å². The molecular formula is C13H18BrNO2S. The number of thiophene rings is 1. The molecule has 0 spiro atoms. The van der Waals surface area contributed by atoms with Gasteiger partial charge in [0.25, 0.3) is 5.91 Å². The molecule has 5 heteroatoms. The van der Waals surface area contributed by atoms with Gasteiger partial charge in [-0.1, -0.05) is 0 Å². The molecule has 0 aliphatic heterocycles. The van der Waals surface area contributed by atoms with Crippen LogP contribution in [0.2, 0.25) is 0 Å². The lowest BCUT2D eigenvalue weighted by molar-refractivity contribution is 0.0923. The monoisotopic (exact) mass is 331 g/mol. The Kier molecular flexibility index (Phi) is 5.21. The minimum absolute atomic E-state index is 0.0382. The van der Waals surface area contributed by atoms with Crippen LogP contribution < -0.4 is 5.32 Å². The van der Waals surface area contributed by atoms with Gasteiger partial charge in [-0.25, -0.2) is 0 Å². The van der Waals surface area contributed by atoms with E-state index in [9.17, 15) is 4.79 Å². The van der Waals surface area contributed by atoms with Gasteiger partial charge in [0, 0.05) is 12.6 Å². The van der Waals surface area contributed by atoms with Gasteiger partial charge in [0.1, 0.15) is 0 Å². The third-order valence-electron chi connectivity index (χ3n) is 3.52. The van der Waals surface area contributed by atoms with Crippen molar-refractivity contribution in [1.82, 2.24) is 5.32 Å². The summed E-state index contributed by atoms with van der Waals surface area (Å²) in [6.45, 7) is 0.283. The van der Waals surface area contributed by atoms with Gasteiger partial charge >= 0.3 is 0 Å². The van der Waals surface area contributed by atoms with E-state index in [0.29, 0.717) is 12.0 Å². The van der Waals surface area contributed by atoms with Crippen LogP contribution in [-0.4, -0.2) is 23.7 Å². The number of carbonyl (C=O) groups is 1. The van der Waals surface area contributed by atoms with Crippen molar-refractivity contribution in [2.45, 2.75) is 38.1 Å². The molecule has 1 fully saturated rings. The molecule has 18 heavy (non-hydrogen) atoms. The minimum Gasteiger partial charge on any atom is -0.396 e. The lowest BCUT2D eigenvalue weighted by Crippen LogP contribution is -2.37. The number of aliphatic hydroxyl groups excluding tert-OH is 1. The Bertz CT molecular complexity index is 399. The predicted octanol–water partition coefficient (Wildman–Crippen LogP) is 3.18. The lowest BCUT2D eigenvalue weighted by atomic mass is 9.84. The van der Waals surface area contributed by atoms with E-state index in [4.69, 9.17) is 5.11 Å². The van der Waals surface area contributed by atoms with Gasteiger partial charge < -0.3 is 10.4 Å². The number of carbonyl (C=O) groups excluding carboxylic acids is 1. The molecule has 1 aliphatic carbocycles. The summed E-state index contributed by atoms with van der Waals surface area (Å²) in [6, 6.07) is 4.05. The van der Waals surface area contributed by atoms with Gasteiger partial charge in [0.15, 0.2) is 0 Å². The Morgan fingerprint density at radius 1 is 1.39 bits per heavy atom. The summed E-state index contributed by atoms with van der Waals surface area (Å²) in [5.41, 5.74) is 0. The van der Waals surface area contributed by atoms with Crippen LogP contribution in [0, 0.1) is 5.92 Å². The highest BCUT2D eigenvalue weighted by atomic mass is 79.9. The van der Waals surface area contributed by atoms with Gasteiger partial charge in [0.05, 0.1) is 8.66 Å². The Balaban J connectivity index is 1.79. The minimum atomic E-state index is 0.0382. The Labute approximate surface area is 120 Å². The van der Waals surface area contributed by atoms with Crippen molar-refractivity contribution < 1.29 is 9.90 Å². The molecule has 1 aromatic heterocycles. The SMILES string of the molecule is O=C(NC1CCC(CCO)CC1)c1ccc(Br)s1. The van der Waals surface area contributed by atoms with Gasteiger partial charge in [-0.2, -0.15) is 0 Å². The second-order valence-corrected chi connectivity index (χ2v) is 7.27. The number of rotatable bonds is 4. The van der Waals surface area contributed by atoms with E-state index >= 15 is 0 Å².